The van der Waals surface area contributed by atoms with Gasteiger partial charge in [-0.2, -0.15) is 0 Å². The van der Waals surface area contributed by atoms with Crippen LogP contribution in [0.1, 0.15) is 149 Å². The van der Waals surface area contributed by atoms with Crippen LogP contribution in [-0.2, 0) is 32.8 Å². The lowest BCUT2D eigenvalue weighted by molar-refractivity contribution is -0.267. The minimum atomic E-state index is -4.68. The van der Waals surface area contributed by atoms with E-state index in [-0.39, 0.29) is 30.8 Å². The average molecular weight is 1010 g/mol. The maximum absolute atomic E-state index is 15.3. The molecule has 1 N–H and O–H groups in total. The first-order valence-corrected chi connectivity index (χ1v) is 27.0. The number of phosphoric ester groups is 1. The summed E-state index contributed by atoms with van der Waals surface area (Å²) in [5.41, 5.74) is 0. The van der Waals surface area contributed by atoms with Crippen LogP contribution in [0.2, 0.25) is 0 Å². The van der Waals surface area contributed by atoms with Gasteiger partial charge in [-0.1, -0.05) is 207 Å². The number of amides is 1. The highest BCUT2D eigenvalue weighted by molar-refractivity contribution is 7.49. The Bertz CT molecular complexity index is 1540. The van der Waals surface area contributed by atoms with Crippen molar-refractivity contribution in [2.24, 2.45) is 0 Å². The molecule has 3 rings (SSSR count). The summed E-state index contributed by atoms with van der Waals surface area (Å²) in [7, 11) is -4.68. The van der Waals surface area contributed by atoms with Crippen LogP contribution < -0.4 is 14.4 Å². The third-order valence-electron chi connectivity index (χ3n) is 11.2. The first-order chi connectivity index (χ1) is 32.0. The number of rotatable bonds is 38. The summed E-state index contributed by atoms with van der Waals surface area (Å²) in [5, 5.41) is 2.69. The van der Waals surface area contributed by atoms with Crippen molar-refractivity contribution in [2.75, 3.05) is 33.1 Å². The van der Waals surface area contributed by atoms with Crippen LogP contribution in [0, 0.1) is 0 Å². The second-order valence-corrected chi connectivity index (χ2v) is 20.9. The Kier molecular flexibility index (Phi) is 30.9. The number of hydrogen-bond acceptors (Lipinski definition) is 10. The highest BCUT2D eigenvalue weighted by atomic mass is 35.6. The fourth-order valence-electron chi connectivity index (χ4n) is 7.74. The molecule has 1 amide bonds. The Morgan fingerprint density at radius 2 is 1.26 bits per heavy atom. The fraction of sp³-hybridized carbons (Fsp3) is 0.700. The Morgan fingerprint density at radius 3 is 1.76 bits per heavy atom. The molecule has 1 saturated heterocycles. The summed E-state index contributed by atoms with van der Waals surface area (Å²) in [5.74, 6) is 0.331. The summed E-state index contributed by atoms with van der Waals surface area (Å²) in [6.07, 6.45) is 19.2. The van der Waals surface area contributed by atoms with E-state index in [1.807, 2.05) is 0 Å². The summed E-state index contributed by atoms with van der Waals surface area (Å²) in [6.45, 7) is 7.16. The number of phosphoric acid groups is 1. The quantitative estimate of drug-likeness (QED) is 0.0301. The van der Waals surface area contributed by atoms with Gasteiger partial charge in [0.2, 0.25) is 3.79 Å². The molecule has 1 aliphatic heterocycles. The molecule has 0 bridgehead atoms. The molecule has 1 fully saturated rings. The molecule has 1 aliphatic rings. The maximum atomic E-state index is 15.3. The highest BCUT2D eigenvalue weighted by Crippen LogP contribution is 2.52. The van der Waals surface area contributed by atoms with E-state index in [0.717, 1.165) is 32.1 Å². The molecule has 376 valence electrons. The summed E-state index contributed by atoms with van der Waals surface area (Å²) >= 11 is 17.7. The molecule has 2 aromatic carbocycles. The van der Waals surface area contributed by atoms with Gasteiger partial charge in [-0.25, -0.2) is 13.8 Å². The Balaban J connectivity index is 1.86. The van der Waals surface area contributed by atoms with Crippen molar-refractivity contribution in [3.05, 3.63) is 73.3 Å². The lowest BCUT2D eigenvalue weighted by Gasteiger charge is -2.45. The molecule has 0 aliphatic carbocycles. The van der Waals surface area contributed by atoms with Crippen molar-refractivity contribution in [1.82, 2.24) is 5.32 Å². The second-order valence-electron chi connectivity index (χ2n) is 16.9. The molecule has 0 saturated carbocycles. The smallest absolute Gasteiger partial charge is 0.445 e. The number of para-hydroxylation sites is 2. The molecule has 11 nitrogen and oxygen atoms in total. The van der Waals surface area contributed by atoms with Gasteiger partial charge in [0.05, 0.1) is 12.7 Å². The normalized spacial score (nSPS) is 19.3. The molecule has 0 radical (unpaired) electrons. The van der Waals surface area contributed by atoms with Crippen LogP contribution in [0.25, 0.3) is 0 Å². The molecular weight excluding hydrogens is 931 g/mol. The number of benzene rings is 2. The van der Waals surface area contributed by atoms with Crippen molar-refractivity contribution in [3.8, 4) is 11.5 Å². The Hall–Kier alpha value is -2.12. The van der Waals surface area contributed by atoms with Gasteiger partial charge in [-0.15, -0.1) is 6.58 Å². The molecule has 1 heterocycles. The second kappa shape index (κ2) is 35.1. The number of carbonyl (C=O) groups is 1. The standard InChI is InChI=1S/C50H78Cl3FNO10P/c1-4-7-9-11-13-15-17-19-21-29-37-58-41(30-24-20-18-16-14-12-10-8-5-2)35-38-59-47-45(55-49(56)61-40-50(51,52)53)48(60-36-6-3)62-44(39-54)46(47)65-66(57,63-42-31-25-22-26-32-42)64-43-33-27-23-28-34-43/h6,22-23,25-28,31-34,41,44-48H,3-5,7-21,24,29-30,35-40H2,1-2H3,(H,55,56)/t41-,44-,45-,46-,47-,48+/m1/s1. The van der Waals surface area contributed by atoms with Crippen LogP contribution in [-0.4, -0.2) is 79.7 Å². The van der Waals surface area contributed by atoms with Crippen LogP contribution in [0.15, 0.2) is 73.3 Å². The van der Waals surface area contributed by atoms with Crippen molar-refractivity contribution in [1.29, 1.82) is 0 Å². The first kappa shape index (κ1) is 58.2. The zero-order chi connectivity index (χ0) is 47.7. The molecule has 6 atom stereocenters. The lowest BCUT2D eigenvalue weighted by Crippen LogP contribution is -2.66. The summed E-state index contributed by atoms with van der Waals surface area (Å²) in [4.78, 5) is 13.3. The predicted molar refractivity (Wildman–Crippen MR) is 264 cm³/mol. The van der Waals surface area contributed by atoms with Crippen molar-refractivity contribution < 1.29 is 51.0 Å². The van der Waals surface area contributed by atoms with E-state index in [2.05, 4.69) is 25.7 Å². The van der Waals surface area contributed by atoms with E-state index in [4.69, 9.17) is 72.1 Å². The molecule has 0 spiro atoms. The first-order valence-electron chi connectivity index (χ1n) is 24.5. The maximum Gasteiger partial charge on any atom is 0.588 e. The van der Waals surface area contributed by atoms with Gasteiger partial charge in [0, 0.05) is 13.2 Å². The van der Waals surface area contributed by atoms with Gasteiger partial charge < -0.3 is 38.0 Å². The molecule has 0 unspecified atom stereocenters. The average Bonchev–Trinajstić information content (AvgIpc) is 3.30. The Labute approximate surface area is 410 Å². The van der Waals surface area contributed by atoms with Crippen LogP contribution >= 0.6 is 42.6 Å². The van der Waals surface area contributed by atoms with Gasteiger partial charge in [0.15, 0.2) is 6.29 Å². The summed E-state index contributed by atoms with van der Waals surface area (Å²) in [6, 6.07) is 15.4. The van der Waals surface area contributed by atoms with Gasteiger partial charge in [0.1, 0.15) is 49.1 Å². The van der Waals surface area contributed by atoms with E-state index in [0.29, 0.717) is 13.0 Å². The number of halogens is 4. The van der Waals surface area contributed by atoms with E-state index in [1.165, 1.54) is 102 Å². The molecule has 2 aromatic rings. The number of alkyl carbamates (subject to hydrolysis) is 1. The number of hydrogen-bond donors (Lipinski definition) is 1. The zero-order valence-corrected chi connectivity index (χ0v) is 42.6. The Morgan fingerprint density at radius 1 is 0.742 bits per heavy atom. The van der Waals surface area contributed by atoms with E-state index in [1.54, 1.807) is 60.7 Å². The van der Waals surface area contributed by atoms with E-state index >= 15 is 4.39 Å². The third-order valence-corrected chi connectivity index (χ3v) is 12.9. The lowest BCUT2D eigenvalue weighted by atomic mass is 9.96. The van der Waals surface area contributed by atoms with Crippen LogP contribution in [0.5, 0.6) is 11.5 Å². The molecule has 0 aromatic heterocycles. The fourth-order valence-corrected chi connectivity index (χ4v) is 9.34. The zero-order valence-electron chi connectivity index (χ0n) is 39.4. The highest BCUT2D eigenvalue weighted by Gasteiger charge is 2.53. The van der Waals surface area contributed by atoms with Crippen molar-refractivity contribution in [3.63, 3.8) is 0 Å². The van der Waals surface area contributed by atoms with E-state index < -0.39 is 61.6 Å². The SMILES string of the molecule is C=CCO[C@H]1O[C@H](CF)[C@@H](OP(=O)(Oc2ccccc2)Oc2ccccc2)[C@H](OCC[C@@H](CCCCCCCCCCC)OCCCCCCCCCCCC)[C@H]1NC(=O)OCC(Cl)(Cl)Cl. The summed E-state index contributed by atoms with van der Waals surface area (Å²) < 4.78 is 76.8. The van der Waals surface area contributed by atoms with Gasteiger partial charge in [-0.3, -0.25) is 4.52 Å². The van der Waals surface area contributed by atoms with E-state index in [9.17, 15) is 9.36 Å². The topological polar surface area (TPSA) is 120 Å². The van der Waals surface area contributed by atoms with Crippen LogP contribution in [0.3, 0.4) is 0 Å². The third kappa shape index (κ3) is 25.5. The van der Waals surface area contributed by atoms with Gasteiger partial charge >= 0.3 is 13.9 Å². The van der Waals surface area contributed by atoms with Gasteiger partial charge in [-0.05, 0) is 43.5 Å². The van der Waals surface area contributed by atoms with Crippen LogP contribution in [0.4, 0.5) is 9.18 Å². The minimum absolute atomic E-state index is 0.0381. The molecule has 16 heteroatoms. The number of unbranched alkanes of at least 4 members (excludes halogenated alkanes) is 17. The monoisotopic (exact) mass is 1010 g/mol. The number of ether oxygens (including phenoxy) is 5. The largest absolute Gasteiger partial charge is 0.588 e. The number of carbonyl (C=O) groups excluding carboxylic acids is 1. The molecular formula is C50H78Cl3FNO10P. The predicted octanol–water partition coefficient (Wildman–Crippen LogP) is 15.0. The minimum Gasteiger partial charge on any atom is -0.445 e. The van der Waals surface area contributed by atoms with Crippen molar-refractivity contribution in [2.45, 2.75) is 189 Å². The molecule has 66 heavy (non-hydrogen) atoms. The number of alkyl halides is 4. The van der Waals surface area contributed by atoms with Gasteiger partial charge in [0.25, 0.3) is 0 Å². The van der Waals surface area contributed by atoms with Crippen molar-refractivity contribution >= 4 is 48.7 Å². The number of nitrogens with one attached hydrogen (secondary N) is 1.